The van der Waals surface area contributed by atoms with Crippen LogP contribution in [0.5, 0.6) is 0 Å². The highest BCUT2D eigenvalue weighted by Gasteiger charge is 2.26. The summed E-state index contributed by atoms with van der Waals surface area (Å²) < 4.78 is 11.1. The summed E-state index contributed by atoms with van der Waals surface area (Å²) in [6.45, 7) is 7.97. The van der Waals surface area contributed by atoms with E-state index in [-0.39, 0.29) is 6.09 Å². The molecule has 22 heavy (non-hydrogen) atoms. The number of piperidine rings is 1. The predicted molar refractivity (Wildman–Crippen MR) is 86.3 cm³/mol. The Morgan fingerprint density at radius 1 is 1.23 bits per heavy atom. The number of ether oxygens (including phenoxy) is 1. The number of rotatable bonds is 2. The van der Waals surface area contributed by atoms with Gasteiger partial charge >= 0.3 is 6.09 Å². The first-order valence-corrected chi connectivity index (χ1v) is 8.01. The number of furan rings is 1. The van der Waals surface area contributed by atoms with Crippen molar-refractivity contribution < 1.29 is 13.9 Å². The zero-order chi connectivity index (χ0) is 15.7. The molecule has 0 aliphatic carbocycles. The van der Waals surface area contributed by atoms with E-state index in [0.29, 0.717) is 12.5 Å². The lowest BCUT2D eigenvalue weighted by Gasteiger charge is -2.30. The second-order valence-electron chi connectivity index (χ2n) is 6.08. The first kappa shape index (κ1) is 14.9. The van der Waals surface area contributed by atoms with E-state index in [0.717, 1.165) is 37.3 Å². The second kappa shape index (κ2) is 6.03. The maximum Gasteiger partial charge on any atom is 0.409 e. The smallest absolute Gasteiger partial charge is 0.409 e. The van der Waals surface area contributed by atoms with Crippen molar-refractivity contribution in [2.75, 3.05) is 19.7 Å². The van der Waals surface area contributed by atoms with Crippen LogP contribution in [-0.2, 0) is 4.74 Å². The minimum atomic E-state index is -0.197. The fraction of sp³-hybridized carbons (Fsp3) is 0.500. The Labute approximate surface area is 131 Å². The van der Waals surface area contributed by atoms with Crippen LogP contribution in [0.2, 0.25) is 0 Å². The zero-order valence-electron chi connectivity index (χ0n) is 13.5. The Balaban J connectivity index is 1.72. The van der Waals surface area contributed by atoms with Gasteiger partial charge in [0.2, 0.25) is 0 Å². The van der Waals surface area contributed by atoms with Gasteiger partial charge in [-0.1, -0.05) is 0 Å². The lowest BCUT2D eigenvalue weighted by atomic mass is 9.94. The SMILES string of the molecule is CCOC(=O)N1CCC(c2cc3cc(C)c(C)cc3o2)CC1. The summed E-state index contributed by atoms with van der Waals surface area (Å²) in [6, 6.07) is 6.46. The molecule has 0 bridgehead atoms. The van der Waals surface area contributed by atoms with E-state index in [1.165, 1.54) is 16.5 Å². The number of likely N-dealkylation sites (tertiary alicyclic amines) is 1. The molecule has 1 aromatic heterocycles. The van der Waals surface area contributed by atoms with Crippen molar-refractivity contribution in [2.45, 2.75) is 39.5 Å². The third kappa shape index (κ3) is 2.82. The Morgan fingerprint density at radius 3 is 2.59 bits per heavy atom. The average Bonchev–Trinajstić information content (AvgIpc) is 2.91. The van der Waals surface area contributed by atoms with Crippen molar-refractivity contribution in [1.82, 2.24) is 4.90 Å². The highest BCUT2D eigenvalue weighted by atomic mass is 16.6. The molecule has 4 nitrogen and oxygen atoms in total. The molecule has 4 heteroatoms. The minimum absolute atomic E-state index is 0.197. The molecule has 0 spiro atoms. The van der Waals surface area contributed by atoms with E-state index in [1.807, 2.05) is 6.92 Å². The molecule has 118 valence electrons. The van der Waals surface area contributed by atoms with Crippen LogP contribution in [0.1, 0.15) is 42.6 Å². The molecular weight excluding hydrogens is 278 g/mol. The molecular formula is C18H23NO3. The molecule has 0 radical (unpaired) electrons. The molecule has 0 unspecified atom stereocenters. The Morgan fingerprint density at radius 2 is 1.91 bits per heavy atom. The number of aryl methyl sites for hydroxylation is 2. The molecule has 2 heterocycles. The maximum atomic E-state index is 11.7. The van der Waals surface area contributed by atoms with Crippen molar-refractivity contribution in [3.63, 3.8) is 0 Å². The van der Waals surface area contributed by atoms with Gasteiger partial charge in [-0.2, -0.15) is 0 Å². The predicted octanol–water partition coefficient (Wildman–Crippen LogP) is 4.39. The first-order valence-electron chi connectivity index (χ1n) is 8.01. The van der Waals surface area contributed by atoms with Crippen LogP contribution in [0.3, 0.4) is 0 Å². The van der Waals surface area contributed by atoms with Crippen LogP contribution in [0.4, 0.5) is 4.79 Å². The fourth-order valence-electron chi connectivity index (χ4n) is 3.09. The fourth-order valence-corrected chi connectivity index (χ4v) is 3.09. The van der Waals surface area contributed by atoms with Gasteiger partial charge in [0, 0.05) is 24.4 Å². The van der Waals surface area contributed by atoms with Gasteiger partial charge in [0.15, 0.2) is 0 Å². The number of benzene rings is 1. The molecule has 0 atom stereocenters. The number of nitrogens with zero attached hydrogens (tertiary/aromatic N) is 1. The third-order valence-corrected chi connectivity index (χ3v) is 4.58. The molecule has 0 saturated carbocycles. The van der Waals surface area contributed by atoms with Crippen LogP contribution in [0.25, 0.3) is 11.0 Å². The topological polar surface area (TPSA) is 42.7 Å². The molecule has 1 aliphatic heterocycles. The van der Waals surface area contributed by atoms with E-state index in [9.17, 15) is 4.79 Å². The number of amides is 1. The summed E-state index contributed by atoms with van der Waals surface area (Å²) in [7, 11) is 0. The number of carbonyl (C=O) groups is 1. The molecule has 0 N–H and O–H groups in total. The van der Waals surface area contributed by atoms with E-state index in [4.69, 9.17) is 9.15 Å². The van der Waals surface area contributed by atoms with Crippen LogP contribution < -0.4 is 0 Å². The highest BCUT2D eigenvalue weighted by molar-refractivity contribution is 5.80. The zero-order valence-corrected chi connectivity index (χ0v) is 13.5. The normalized spacial score (nSPS) is 16.2. The van der Waals surface area contributed by atoms with E-state index in [2.05, 4.69) is 32.0 Å². The van der Waals surface area contributed by atoms with Gasteiger partial charge in [0.25, 0.3) is 0 Å². The van der Waals surface area contributed by atoms with Crippen molar-refractivity contribution in [2.24, 2.45) is 0 Å². The summed E-state index contributed by atoms with van der Waals surface area (Å²) in [5.74, 6) is 1.43. The van der Waals surface area contributed by atoms with Crippen molar-refractivity contribution in [1.29, 1.82) is 0 Å². The standard InChI is InChI=1S/C18H23NO3/c1-4-21-18(20)19-7-5-14(6-8-19)17-11-15-9-12(2)13(3)10-16(15)22-17/h9-11,14H,4-8H2,1-3H3. The van der Waals surface area contributed by atoms with Gasteiger partial charge in [-0.05, 0) is 62.9 Å². The van der Waals surface area contributed by atoms with Gasteiger partial charge in [0.05, 0.1) is 6.61 Å². The third-order valence-electron chi connectivity index (χ3n) is 4.58. The molecule has 3 rings (SSSR count). The van der Waals surface area contributed by atoms with Gasteiger partial charge in [0.1, 0.15) is 11.3 Å². The first-order chi connectivity index (χ1) is 10.6. The number of fused-ring (bicyclic) bond motifs is 1. The second-order valence-corrected chi connectivity index (χ2v) is 6.08. The van der Waals surface area contributed by atoms with Gasteiger partial charge in [-0.25, -0.2) is 4.79 Å². The van der Waals surface area contributed by atoms with Crippen LogP contribution in [-0.4, -0.2) is 30.7 Å². The molecule has 1 aliphatic rings. The van der Waals surface area contributed by atoms with Crippen LogP contribution in [0.15, 0.2) is 22.6 Å². The summed E-state index contributed by atoms with van der Waals surface area (Å²) >= 11 is 0. The van der Waals surface area contributed by atoms with Crippen molar-refractivity contribution in [3.05, 3.63) is 35.1 Å². The molecule has 1 saturated heterocycles. The number of hydrogen-bond donors (Lipinski definition) is 0. The van der Waals surface area contributed by atoms with E-state index in [1.54, 1.807) is 4.90 Å². The Bertz CT molecular complexity index is 642. The lowest BCUT2D eigenvalue weighted by molar-refractivity contribution is 0.0959. The Hall–Kier alpha value is -1.97. The molecule has 1 amide bonds. The molecule has 1 fully saturated rings. The largest absolute Gasteiger partial charge is 0.461 e. The lowest BCUT2D eigenvalue weighted by Crippen LogP contribution is -2.38. The van der Waals surface area contributed by atoms with Gasteiger partial charge in [-0.15, -0.1) is 0 Å². The minimum Gasteiger partial charge on any atom is -0.461 e. The molecule has 1 aromatic carbocycles. The Kier molecular flexibility index (Phi) is 4.10. The average molecular weight is 301 g/mol. The summed E-state index contributed by atoms with van der Waals surface area (Å²) in [5, 5.41) is 1.17. The van der Waals surface area contributed by atoms with Crippen LogP contribution in [0, 0.1) is 13.8 Å². The number of carbonyl (C=O) groups excluding carboxylic acids is 1. The number of hydrogen-bond acceptors (Lipinski definition) is 3. The highest BCUT2D eigenvalue weighted by Crippen LogP contribution is 2.33. The van der Waals surface area contributed by atoms with E-state index < -0.39 is 0 Å². The van der Waals surface area contributed by atoms with Gasteiger partial charge in [-0.3, -0.25) is 0 Å². The van der Waals surface area contributed by atoms with Gasteiger partial charge < -0.3 is 14.1 Å². The molecule has 2 aromatic rings. The van der Waals surface area contributed by atoms with Crippen LogP contribution >= 0.6 is 0 Å². The van der Waals surface area contributed by atoms with E-state index >= 15 is 0 Å². The summed E-state index contributed by atoms with van der Waals surface area (Å²) in [5.41, 5.74) is 3.51. The summed E-state index contributed by atoms with van der Waals surface area (Å²) in [4.78, 5) is 13.5. The quantitative estimate of drug-likeness (QED) is 0.826. The van der Waals surface area contributed by atoms with Crippen molar-refractivity contribution >= 4 is 17.1 Å². The monoisotopic (exact) mass is 301 g/mol. The van der Waals surface area contributed by atoms with Crippen molar-refractivity contribution in [3.8, 4) is 0 Å². The summed E-state index contributed by atoms with van der Waals surface area (Å²) in [6.07, 6.45) is 1.66. The maximum absolute atomic E-state index is 11.7.